The van der Waals surface area contributed by atoms with Gasteiger partial charge in [-0.25, -0.2) is 0 Å². The van der Waals surface area contributed by atoms with Crippen LogP contribution in [-0.2, 0) is 25.5 Å². The number of aryl methyl sites for hydroxylation is 1. The van der Waals surface area contributed by atoms with Gasteiger partial charge in [0.2, 0.25) is 5.91 Å². The lowest BCUT2D eigenvalue weighted by Gasteiger charge is -2.17. The Labute approximate surface area is 175 Å². The number of nitrogens with one attached hydrogen (secondary N) is 1. The molecule has 7 nitrogen and oxygen atoms in total. The molecule has 30 heavy (non-hydrogen) atoms. The van der Waals surface area contributed by atoms with E-state index in [0.29, 0.717) is 11.3 Å². The van der Waals surface area contributed by atoms with E-state index in [2.05, 4.69) is 12.2 Å². The predicted molar refractivity (Wildman–Crippen MR) is 112 cm³/mol. The van der Waals surface area contributed by atoms with Gasteiger partial charge >= 0.3 is 5.97 Å². The molecule has 156 valence electrons. The van der Waals surface area contributed by atoms with Crippen LogP contribution in [0.15, 0.2) is 48.5 Å². The highest BCUT2D eigenvalue weighted by molar-refractivity contribution is 6.00. The van der Waals surface area contributed by atoms with Gasteiger partial charge in [0.1, 0.15) is 0 Å². The SMILES string of the molecule is CCc1ccc(N2CC(C(=O)OCC(=O)Nc3cccc(C(C)=O)c3)CC2=O)cc1. The zero-order chi connectivity index (χ0) is 21.7. The summed E-state index contributed by atoms with van der Waals surface area (Å²) in [5, 5.41) is 2.59. The number of carbonyl (C=O) groups excluding carboxylic acids is 4. The van der Waals surface area contributed by atoms with Crippen molar-refractivity contribution in [2.24, 2.45) is 5.92 Å². The second kappa shape index (κ2) is 9.35. The first kappa shape index (κ1) is 21.2. The van der Waals surface area contributed by atoms with E-state index < -0.39 is 24.4 Å². The van der Waals surface area contributed by atoms with Crippen LogP contribution in [0.3, 0.4) is 0 Å². The highest BCUT2D eigenvalue weighted by atomic mass is 16.5. The summed E-state index contributed by atoms with van der Waals surface area (Å²) in [6, 6.07) is 14.2. The van der Waals surface area contributed by atoms with Crippen molar-refractivity contribution >= 4 is 34.9 Å². The molecular formula is C23H24N2O5. The molecule has 0 spiro atoms. The minimum Gasteiger partial charge on any atom is -0.455 e. The van der Waals surface area contributed by atoms with Gasteiger partial charge in [0, 0.05) is 29.9 Å². The average Bonchev–Trinajstić information content (AvgIpc) is 3.14. The smallest absolute Gasteiger partial charge is 0.311 e. The molecule has 1 aliphatic rings. The van der Waals surface area contributed by atoms with E-state index >= 15 is 0 Å². The van der Waals surface area contributed by atoms with Crippen LogP contribution in [0.25, 0.3) is 0 Å². The Kier molecular flexibility index (Phi) is 6.61. The van der Waals surface area contributed by atoms with Gasteiger partial charge < -0.3 is 15.0 Å². The molecule has 2 aromatic carbocycles. The first-order valence-corrected chi connectivity index (χ1v) is 9.84. The number of hydrogen-bond acceptors (Lipinski definition) is 5. The third-order valence-corrected chi connectivity index (χ3v) is 5.01. The number of esters is 1. The fourth-order valence-corrected chi connectivity index (χ4v) is 3.29. The Morgan fingerprint density at radius 1 is 1.13 bits per heavy atom. The van der Waals surface area contributed by atoms with Crippen LogP contribution in [0.1, 0.15) is 36.2 Å². The Bertz CT molecular complexity index is 968. The molecule has 0 bridgehead atoms. The molecule has 0 aliphatic carbocycles. The van der Waals surface area contributed by atoms with Crippen molar-refractivity contribution in [3.8, 4) is 0 Å². The molecule has 1 N–H and O–H groups in total. The maximum atomic E-state index is 12.3. The maximum Gasteiger partial charge on any atom is 0.311 e. The fourth-order valence-electron chi connectivity index (χ4n) is 3.29. The Hall–Kier alpha value is -3.48. The van der Waals surface area contributed by atoms with Crippen molar-refractivity contribution in [1.29, 1.82) is 0 Å². The zero-order valence-electron chi connectivity index (χ0n) is 17.0. The number of amides is 2. The van der Waals surface area contributed by atoms with E-state index in [9.17, 15) is 19.2 Å². The van der Waals surface area contributed by atoms with E-state index in [0.717, 1.165) is 12.1 Å². The number of nitrogens with zero attached hydrogens (tertiary/aromatic N) is 1. The average molecular weight is 408 g/mol. The monoisotopic (exact) mass is 408 g/mol. The lowest BCUT2D eigenvalue weighted by atomic mass is 10.1. The van der Waals surface area contributed by atoms with Crippen LogP contribution in [0.4, 0.5) is 11.4 Å². The molecule has 1 heterocycles. The normalized spacial score (nSPS) is 15.7. The second-order valence-corrected chi connectivity index (χ2v) is 7.22. The summed E-state index contributed by atoms with van der Waals surface area (Å²) in [6.07, 6.45) is 0.959. The first-order valence-electron chi connectivity index (χ1n) is 9.84. The van der Waals surface area contributed by atoms with Crippen LogP contribution in [0, 0.1) is 5.92 Å². The molecule has 1 saturated heterocycles. The number of benzene rings is 2. The summed E-state index contributed by atoms with van der Waals surface area (Å²) in [5.74, 6) is -1.97. The van der Waals surface area contributed by atoms with E-state index in [4.69, 9.17) is 4.74 Å². The molecule has 0 radical (unpaired) electrons. The number of ether oxygens (including phenoxy) is 1. The summed E-state index contributed by atoms with van der Waals surface area (Å²) in [7, 11) is 0. The standard InChI is InChI=1S/C23H24N2O5/c1-3-16-7-9-20(10-8-16)25-13-18(12-22(25)28)23(29)30-14-21(27)24-19-6-4-5-17(11-19)15(2)26/h4-11,18H,3,12-14H2,1-2H3,(H,24,27). The molecule has 0 aromatic heterocycles. The third kappa shape index (κ3) is 5.11. The lowest BCUT2D eigenvalue weighted by molar-refractivity contribution is -0.151. The molecule has 3 rings (SSSR count). The van der Waals surface area contributed by atoms with E-state index in [-0.39, 0.29) is 24.7 Å². The third-order valence-electron chi connectivity index (χ3n) is 5.01. The van der Waals surface area contributed by atoms with Crippen molar-refractivity contribution in [2.75, 3.05) is 23.4 Å². The fraction of sp³-hybridized carbons (Fsp3) is 0.304. The van der Waals surface area contributed by atoms with Crippen LogP contribution in [-0.4, -0.2) is 36.7 Å². The van der Waals surface area contributed by atoms with Crippen LogP contribution in [0.5, 0.6) is 0 Å². The molecule has 2 aromatic rings. The van der Waals surface area contributed by atoms with Gasteiger partial charge in [-0.3, -0.25) is 19.2 Å². The lowest BCUT2D eigenvalue weighted by Crippen LogP contribution is -2.28. The van der Waals surface area contributed by atoms with E-state index in [1.165, 1.54) is 12.5 Å². The topological polar surface area (TPSA) is 92.8 Å². The van der Waals surface area contributed by atoms with Crippen molar-refractivity contribution in [3.63, 3.8) is 0 Å². The van der Waals surface area contributed by atoms with Gasteiger partial charge in [-0.05, 0) is 43.2 Å². The molecule has 1 atom stereocenters. The summed E-state index contributed by atoms with van der Waals surface area (Å²) in [4.78, 5) is 49.7. The Morgan fingerprint density at radius 3 is 2.53 bits per heavy atom. The van der Waals surface area contributed by atoms with E-state index in [1.54, 1.807) is 29.2 Å². The zero-order valence-corrected chi connectivity index (χ0v) is 17.0. The molecular weight excluding hydrogens is 384 g/mol. The second-order valence-electron chi connectivity index (χ2n) is 7.22. The van der Waals surface area contributed by atoms with Gasteiger partial charge in [-0.2, -0.15) is 0 Å². The minimum atomic E-state index is -0.614. The highest BCUT2D eigenvalue weighted by Crippen LogP contribution is 2.26. The summed E-state index contributed by atoms with van der Waals surface area (Å²) < 4.78 is 5.11. The first-order chi connectivity index (χ1) is 14.4. The van der Waals surface area contributed by atoms with Crippen molar-refractivity contribution in [1.82, 2.24) is 0 Å². The summed E-state index contributed by atoms with van der Waals surface area (Å²) in [6.45, 7) is 3.26. The largest absolute Gasteiger partial charge is 0.455 e. The van der Waals surface area contributed by atoms with Crippen LogP contribution >= 0.6 is 0 Å². The number of hydrogen-bond donors (Lipinski definition) is 1. The Balaban J connectivity index is 1.52. The molecule has 2 amide bonds. The number of ketones is 1. The van der Waals surface area contributed by atoms with Gasteiger partial charge in [-0.15, -0.1) is 0 Å². The quantitative estimate of drug-likeness (QED) is 0.562. The van der Waals surface area contributed by atoms with E-state index in [1.807, 2.05) is 24.3 Å². The summed E-state index contributed by atoms with van der Waals surface area (Å²) in [5.41, 5.74) is 2.83. The Morgan fingerprint density at radius 2 is 1.87 bits per heavy atom. The van der Waals surface area contributed by atoms with Crippen molar-refractivity contribution in [2.45, 2.75) is 26.7 Å². The predicted octanol–water partition coefficient (Wildman–Crippen LogP) is 2.99. The number of anilines is 2. The number of Topliss-reactive ketones (excluding diaryl/α,β-unsaturated/α-hetero) is 1. The van der Waals surface area contributed by atoms with Gasteiger partial charge in [0.25, 0.3) is 5.91 Å². The van der Waals surface area contributed by atoms with Crippen LogP contribution < -0.4 is 10.2 Å². The van der Waals surface area contributed by atoms with Gasteiger partial charge in [-0.1, -0.05) is 31.2 Å². The van der Waals surface area contributed by atoms with Crippen LogP contribution in [0.2, 0.25) is 0 Å². The highest BCUT2D eigenvalue weighted by Gasteiger charge is 2.36. The number of rotatable bonds is 7. The molecule has 1 fully saturated rings. The molecule has 7 heteroatoms. The maximum absolute atomic E-state index is 12.3. The van der Waals surface area contributed by atoms with Crippen molar-refractivity contribution in [3.05, 3.63) is 59.7 Å². The summed E-state index contributed by atoms with van der Waals surface area (Å²) >= 11 is 0. The number of carbonyl (C=O) groups is 4. The minimum absolute atomic E-state index is 0.0522. The molecule has 0 saturated carbocycles. The van der Waals surface area contributed by atoms with Gasteiger partial charge in [0.05, 0.1) is 5.92 Å². The van der Waals surface area contributed by atoms with Gasteiger partial charge in [0.15, 0.2) is 12.4 Å². The molecule has 1 unspecified atom stereocenters. The van der Waals surface area contributed by atoms with Crippen molar-refractivity contribution < 1.29 is 23.9 Å². The molecule has 1 aliphatic heterocycles.